The van der Waals surface area contributed by atoms with Crippen molar-refractivity contribution in [2.75, 3.05) is 12.4 Å². The van der Waals surface area contributed by atoms with Crippen molar-refractivity contribution in [2.45, 2.75) is 12.8 Å². The van der Waals surface area contributed by atoms with Crippen LogP contribution < -0.4 is 10.1 Å². The molecule has 0 aliphatic rings. The van der Waals surface area contributed by atoms with Crippen LogP contribution in [0.4, 0.5) is 5.95 Å². The van der Waals surface area contributed by atoms with Crippen molar-refractivity contribution < 1.29 is 9.53 Å². The second-order valence-corrected chi connectivity index (χ2v) is 5.13. The van der Waals surface area contributed by atoms with Crippen LogP contribution >= 0.6 is 0 Å². The van der Waals surface area contributed by atoms with Crippen molar-refractivity contribution in [1.82, 2.24) is 20.2 Å². The molecule has 7 heteroatoms. The Morgan fingerprint density at radius 1 is 1.17 bits per heavy atom. The van der Waals surface area contributed by atoms with E-state index >= 15 is 0 Å². The second kappa shape index (κ2) is 7.36. The minimum absolute atomic E-state index is 0.130. The lowest BCUT2D eigenvalue weighted by Crippen LogP contribution is -2.13. The van der Waals surface area contributed by atoms with E-state index in [1.54, 1.807) is 13.3 Å². The van der Waals surface area contributed by atoms with Crippen LogP contribution in [-0.4, -0.2) is 33.2 Å². The number of pyridine rings is 1. The molecule has 0 saturated heterocycles. The fraction of sp³-hybridized carbons (Fsp3) is 0.176. The van der Waals surface area contributed by atoms with E-state index in [9.17, 15) is 4.79 Å². The molecular weight excluding hydrogens is 306 g/mol. The first-order chi connectivity index (χ1) is 11.7. The Kier molecular flexibility index (Phi) is 4.81. The molecule has 2 N–H and O–H groups in total. The van der Waals surface area contributed by atoms with Crippen LogP contribution in [0.1, 0.15) is 12.0 Å². The first kappa shape index (κ1) is 15.7. The van der Waals surface area contributed by atoms with Crippen molar-refractivity contribution in [2.24, 2.45) is 0 Å². The molecule has 0 atom stereocenters. The highest BCUT2D eigenvalue weighted by Gasteiger charge is 2.09. The molecule has 0 fully saturated rings. The summed E-state index contributed by atoms with van der Waals surface area (Å²) in [6.07, 6.45) is 2.66. The van der Waals surface area contributed by atoms with Crippen LogP contribution in [0.3, 0.4) is 0 Å². The van der Waals surface area contributed by atoms with Crippen LogP contribution in [0.2, 0.25) is 0 Å². The zero-order valence-corrected chi connectivity index (χ0v) is 13.2. The van der Waals surface area contributed by atoms with E-state index in [1.807, 2.05) is 42.5 Å². The summed E-state index contributed by atoms with van der Waals surface area (Å²) in [6.45, 7) is 0. The van der Waals surface area contributed by atoms with Gasteiger partial charge in [0.05, 0.1) is 7.11 Å². The van der Waals surface area contributed by atoms with Crippen molar-refractivity contribution in [3.8, 4) is 17.3 Å². The van der Waals surface area contributed by atoms with Gasteiger partial charge < -0.3 is 9.72 Å². The number of carbonyl (C=O) groups excluding carboxylic acids is 1. The van der Waals surface area contributed by atoms with E-state index in [0.717, 1.165) is 11.3 Å². The zero-order valence-electron chi connectivity index (χ0n) is 13.2. The number of carbonyl (C=O) groups is 1. The molecule has 0 bridgehead atoms. The molecule has 0 unspecified atom stereocenters. The van der Waals surface area contributed by atoms with Gasteiger partial charge in [-0.2, -0.15) is 0 Å². The molecule has 0 aliphatic carbocycles. The topological polar surface area (TPSA) is 92.8 Å². The standard InChI is InChI=1S/C17H17N5O2/c1-24-13-8-5-12(6-9-13)7-10-15(23)19-17-20-16(21-22-17)14-4-2-3-11-18-14/h2-6,8-9,11H,7,10H2,1H3,(H2,19,20,21,22,23). The first-order valence-corrected chi connectivity index (χ1v) is 7.51. The SMILES string of the molecule is COc1ccc(CCC(=O)Nc2nnc(-c3ccccn3)[nH]2)cc1. The number of hydrogen-bond donors (Lipinski definition) is 2. The quantitative estimate of drug-likeness (QED) is 0.727. The first-order valence-electron chi connectivity index (χ1n) is 7.51. The number of benzene rings is 1. The number of ether oxygens (including phenoxy) is 1. The molecule has 2 aromatic heterocycles. The number of methoxy groups -OCH3 is 1. The van der Waals surface area contributed by atoms with Crippen LogP contribution in [0.5, 0.6) is 5.75 Å². The van der Waals surface area contributed by atoms with Crippen molar-refractivity contribution >= 4 is 11.9 Å². The predicted octanol–water partition coefficient (Wildman–Crippen LogP) is 2.45. The third-order valence-electron chi connectivity index (χ3n) is 3.45. The van der Waals surface area contributed by atoms with E-state index in [0.29, 0.717) is 30.3 Å². The van der Waals surface area contributed by atoms with Gasteiger partial charge in [-0.3, -0.25) is 15.1 Å². The monoisotopic (exact) mass is 323 g/mol. The van der Waals surface area contributed by atoms with E-state index in [1.165, 1.54) is 0 Å². The van der Waals surface area contributed by atoms with Gasteiger partial charge in [0.15, 0.2) is 5.82 Å². The molecule has 3 rings (SSSR count). The van der Waals surface area contributed by atoms with E-state index < -0.39 is 0 Å². The van der Waals surface area contributed by atoms with Gasteiger partial charge >= 0.3 is 0 Å². The average Bonchev–Trinajstić information content (AvgIpc) is 3.09. The Morgan fingerprint density at radius 2 is 2.00 bits per heavy atom. The summed E-state index contributed by atoms with van der Waals surface area (Å²) in [5.41, 5.74) is 1.74. The summed E-state index contributed by atoms with van der Waals surface area (Å²) in [7, 11) is 1.62. The molecular formula is C17H17N5O2. The summed E-state index contributed by atoms with van der Waals surface area (Å²) in [5.74, 6) is 1.50. The normalized spacial score (nSPS) is 10.4. The number of aromatic amines is 1. The maximum absolute atomic E-state index is 12.0. The van der Waals surface area contributed by atoms with Gasteiger partial charge in [-0.15, -0.1) is 10.2 Å². The number of nitrogens with one attached hydrogen (secondary N) is 2. The fourth-order valence-corrected chi connectivity index (χ4v) is 2.18. The van der Waals surface area contributed by atoms with Gasteiger partial charge in [-0.1, -0.05) is 18.2 Å². The molecule has 7 nitrogen and oxygen atoms in total. The third-order valence-corrected chi connectivity index (χ3v) is 3.45. The third kappa shape index (κ3) is 3.95. The number of rotatable bonds is 6. The number of aryl methyl sites for hydroxylation is 1. The van der Waals surface area contributed by atoms with Crippen molar-refractivity contribution in [3.05, 3.63) is 54.2 Å². The van der Waals surface area contributed by atoms with Gasteiger partial charge in [0.25, 0.3) is 0 Å². The maximum atomic E-state index is 12.0. The molecule has 0 radical (unpaired) electrons. The summed E-state index contributed by atoms with van der Waals surface area (Å²) < 4.78 is 5.11. The van der Waals surface area contributed by atoms with Crippen LogP contribution in [-0.2, 0) is 11.2 Å². The van der Waals surface area contributed by atoms with Crippen LogP contribution in [0, 0.1) is 0 Å². The minimum atomic E-state index is -0.130. The molecule has 2 heterocycles. The molecule has 1 amide bonds. The molecule has 122 valence electrons. The number of anilines is 1. The Bertz CT molecular complexity index is 799. The largest absolute Gasteiger partial charge is 0.497 e. The lowest BCUT2D eigenvalue weighted by molar-refractivity contribution is -0.116. The number of nitrogens with zero attached hydrogens (tertiary/aromatic N) is 3. The van der Waals surface area contributed by atoms with E-state index in [4.69, 9.17) is 4.74 Å². The molecule has 3 aromatic rings. The summed E-state index contributed by atoms with van der Waals surface area (Å²) in [4.78, 5) is 19.1. The maximum Gasteiger partial charge on any atom is 0.228 e. The highest BCUT2D eigenvalue weighted by atomic mass is 16.5. The molecule has 1 aromatic carbocycles. The van der Waals surface area contributed by atoms with Gasteiger partial charge in [-0.25, -0.2) is 0 Å². The fourth-order valence-electron chi connectivity index (χ4n) is 2.18. The minimum Gasteiger partial charge on any atom is -0.497 e. The highest BCUT2D eigenvalue weighted by Crippen LogP contribution is 2.14. The van der Waals surface area contributed by atoms with Crippen molar-refractivity contribution in [1.29, 1.82) is 0 Å². The summed E-state index contributed by atoms with van der Waals surface area (Å²) in [5, 5.41) is 10.6. The lowest BCUT2D eigenvalue weighted by atomic mass is 10.1. The lowest BCUT2D eigenvalue weighted by Gasteiger charge is -2.04. The number of hydrogen-bond acceptors (Lipinski definition) is 5. The molecule has 0 spiro atoms. The number of H-pyrrole nitrogens is 1. The molecule has 24 heavy (non-hydrogen) atoms. The van der Waals surface area contributed by atoms with Crippen molar-refractivity contribution in [3.63, 3.8) is 0 Å². The molecule has 0 saturated carbocycles. The van der Waals surface area contributed by atoms with Gasteiger partial charge in [-0.05, 0) is 36.2 Å². The average molecular weight is 323 g/mol. The van der Waals surface area contributed by atoms with Crippen LogP contribution in [0.15, 0.2) is 48.7 Å². The Morgan fingerprint density at radius 3 is 2.71 bits per heavy atom. The smallest absolute Gasteiger partial charge is 0.228 e. The predicted molar refractivity (Wildman–Crippen MR) is 89.6 cm³/mol. The summed E-state index contributed by atoms with van der Waals surface area (Å²) in [6, 6.07) is 13.1. The Balaban J connectivity index is 1.54. The number of amides is 1. The second-order valence-electron chi connectivity index (χ2n) is 5.13. The Labute approximate surface area is 139 Å². The van der Waals surface area contributed by atoms with E-state index in [2.05, 4.69) is 25.5 Å². The van der Waals surface area contributed by atoms with Gasteiger partial charge in [0, 0.05) is 12.6 Å². The van der Waals surface area contributed by atoms with Crippen LogP contribution in [0.25, 0.3) is 11.5 Å². The highest BCUT2D eigenvalue weighted by molar-refractivity contribution is 5.89. The van der Waals surface area contributed by atoms with Gasteiger partial charge in [0.2, 0.25) is 11.9 Å². The van der Waals surface area contributed by atoms with E-state index in [-0.39, 0.29) is 5.91 Å². The van der Waals surface area contributed by atoms with Gasteiger partial charge in [0.1, 0.15) is 11.4 Å². The summed E-state index contributed by atoms with van der Waals surface area (Å²) >= 11 is 0. The number of aromatic nitrogens is 4. The molecule has 0 aliphatic heterocycles. The Hall–Kier alpha value is -3.22. The zero-order chi connectivity index (χ0) is 16.8.